The maximum Gasteiger partial charge on any atom is 0.270 e. The van der Waals surface area contributed by atoms with Gasteiger partial charge in [0.25, 0.3) is 5.91 Å². The number of carbonyl (C=O) groups is 1. The molecule has 1 saturated carbocycles. The summed E-state index contributed by atoms with van der Waals surface area (Å²) in [4.78, 5) is 14.7. The zero-order valence-electron chi connectivity index (χ0n) is 11.2. The van der Waals surface area contributed by atoms with E-state index in [0.717, 1.165) is 44.5 Å². The van der Waals surface area contributed by atoms with Crippen molar-refractivity contribution >= 4 is 17.5 Å². The van der Waals surface area contributed by atoms with E-state index in [4.69, 9.17) is 11.6 Å². The van der Waals surface area contributed by atoms with E-state index in [-0.39, 0.29) is 5.91 Å². The molecular weight excluding hydrogens is 262 g/mol. The van der Waals surface area contributed by atoms with E-state index in [2.05, 4.69) is 9.88 Å². The second-order valence-electron chi connectivity index (χ2n) is 5.53. The van der Waals surface area contributed by atoms with Gasteiger partial charge in [0.05, 0.1) is 5.02 Å². The van der Waals surface area contributed by atoms with Crippen molar-refractivity contribution in [1.29, 1.82) is 0 Å². The Labute approximate surface area is 118 Å². The van der Waals surface area contributed by atoms with Crippen molar-refractivity contribution in [3.8, 4) is 0 Å². The van der Waals surface area contributed by atoms with Crippen LogP contribution < -0.4 is 5.32 Å². The van der Waals surface area contributed by atoms with Crippen LogP contribution in [0.4, 0.5) is 0 Å². The molecule has 1 aromatic heterocycles. The topological polar surface area (TPSA) is 37.3 Å². The number of likely N-dealkylation sites (tertiary alicyclic amines) is 1. The summed E-state index contributed by atoms with van der Waals surface area (Å²) in [7, 11) is 1.94. The van der Waals surface area contributed by atoms with Crippen molar-refractivity contribution < 1.29 is 4.79 Å². The lowest BCUT2D eigenvalue weighted by Gasteiger charge is -2.25. The van der Waals surface area contributed by atoms with Gasteiger partial charge in [0, 0.05) is 31.4 Å². The fourth-order valence-electron chi connectivity index (χ4n) is 2.97. The summed E-state index contributed by atoms with van der Waals surface area (Å²) in [5.41, 5.74) is 0.760. The summed E-state index contributed by atoms with van der Waals surface area (Å²) in [5, 5.41) is 3.84. The molecule has 5 heteroatoms. The fourth-order valence-corrected chi connectivity index (χ4v) is 3.18. The molecule has 1 unspecified atom stereocenters. The molecule has 2 aliphatic rings. The average Bonchev–Trinajstić information content (AvgIpc) is 3.01. The van der Waals surface area contributed by atoms with Crippen LogP contribution in [0.5, 0.6) is 0 Å². The molecular formula is C14H20ClN3O. The number of aromatic nitrogens is 1. The van der Waals surface area contributed by atoms with Crippen LogP contribution in [0.3, 0.4) is 0 Å². The Kier molecular flexibility index (Phi) is 3.54. The largest absolute Gasteiger partial charge is 0.339 e. The standard InChI is InChI=1S/C14H20ClN3O/c1-16-8-12-3-2-6-17(12)14(19)13-7-10(15)9-18(13)11-4-5-11/h7,9,11-12,16H,2-6,8H2,1H3. The number of rotatable bonds is 4. The molecule has 1 aliphatic heterocycles. The molecule has 1 N–H and O–H groups in total. The predicted molar refractivity (Wildman–Crippen MR) is 75.7 cm³/mol. The molecule has 4 nitrogen and oxygen atoms in total. The van der Waals surface area contributed by atoms with Gasteiger partial charge in [0.2, 0.25) is 0 Å². The smallest absolute Gasteiger partial charge is 0.270 e. The number of nitrogens with zero attached hydrogens (tertiary/aromatic N) is 2. The van der Waals surface area contributed by atoms with Crippen LogP contribution in [0.1, 0.15) is 42.2 Å². The molecule has 0 radical (unpaired) electrons. The van der Waals surface area contributed by atoms with Gasteiger partial charge in [0.15, 0.2) is 0 Å². The van der Waals surface area contributed by atoms with Crippen molar-refractivity contribution in [3.05, 3.63) is 23.0 Å². The second-order valence-corrected chi connectivity index (χ2v) is 5.97. The molecule has 19 heavy (non-hydrogen) atoms. The van der Waals surface area contributed by atoms with E-state index in [0.29, 0.717) is 17.1 Å². The number of carbonyl (C=O) groups excluding carboxylic acids is 1. The molecule has 104 valence electrons. The van der Waals surface area contributed by atoms with Crippen molar-refractivity contribution in [2.24, 2.45) is 0 Å². The summed E-state index contributed by atoms with van der Waals surface area (Å²) in [6, 6.07) is 2.62. The van der Waals surface area contributed by atoms with Crippen LogP contribution in [-0.4, -0.2) is 41.6 Å². The number of hydrogen-bond acceptors (Lipinski definition) is 2. The van der Waals surface area contributed by atoms with Gasteiger partial charge >= 0.3 is 0 Å². The van der Waals surface area contributed by atoms with Crippen molar-refractivity contribution in [2.45, 2.75) is 37.8 Å². The predicted octanol–water partition coefficient (Wildman–Crippen LogP) is 2.30. The Hall–Kier alpha value is -1.00. The van der Waals surface area contributed by atoms with E-state index in [1.54, 1.807) is 0 Å². The van der Waals surface area contributed by atoms with Crippen molar-refractivity contribution in [2.75, 3.05) is 20.1 Å². The molecule has 0 spiro atoms. The number of likely N-dealkylation sites (N-methyl/N-ethyl adjacent to an activating group) is 1. The lowest BCUT2D eigenvalue weighted by atomic mass is 10.2. The summed E-state index contributed by atoms with van der Waals surface area (Å²) < 4.78 is 2.07. The van der Waals surface area contributed by atoms with Crippen molar-refractivity contribution in [1.82, 2.24) is 14.8 Å². The molecule has 2 heterocycles. The van der Waals surface area contributed by atoms with Crippen LogP contribution in [0.2, 0.25) is 5.02 Å². The molecule has 1 aliphatic carbocycles. The highest BCUT2D eigenvalue weighted by Gasteiger charge is 2.33. The summed E-state index contributed by atoms with van der Waals surface area (Å²) in [5.74, 6) is 0.136. The maximum atomic E-state index is 12.7. The average molecular weight is 282 g/mol. The number of amides is 1. The summed E-state index contributed by atoms with van der Waals surface area (Å²) in [6.45, 7) is 1.72. The van der Waals surface area contributed by atoms with Crippen LogP contribution in [-0.2, 0) is 0 Å². The molecule has 1 saturated heterocycles. The summed E-state index contributed by atoms with van der Waals surface area (Å²) in [6.07, 6.45) is 6.40. The molecule has 2 fully saturated rings. The zero-order chi connectivity index (χ0) is 13.4. The normalized spacial score (nSPS) is 23.1. The molecule has 0 aromatic carbocycles. The third-order valence-electron chi connectivity index (χ3n) is 4.05. The van der Waals surface area contributed by atoms with Gasteiger partial charge in [-0.25, -0.2) is 0 Å². The van der Waals surface area contributed by atoms with E-state index in [1.807, 2.05) is 24.2 Å². The van der Waals surface area contributed by atoms with Gasteiger partial charge < -0.3 is 14.8 Å². The van der Waals surface area contributed by atoms with Gasteiger partial charge in [-0.1, -0.05) is 11.6 Å². The quantitative estimate of drug-likeness (QED) is 0.919. The first-order valence-corrected chi connectivity index (χ1v) is 7.41. The van der Waals surface area contributed by atoms with Crippen LogP contribution >= 0.6 is 11.6 Å². The number of nitrogens with one attached hydrogen (secondary N) is 1. The molecule has 0 bridgehead atoms. The number of hydrogen-bond donors (Lipinski definition) is 1. The Balaban J connectivity index is 1.83. The highest BCUT2D eigenvalue weighted by Crippen LogP contribution is 2.38. The van der Waals surface area contributed by atoms with Crippen LogP contribution in [0.15, 0.2) is 12.3 Å². The Morgan fingerprint density at radius 3 is 2.95 bits per heavy atom. The first-order chi connectivity index (χ1) is 9.20. The number of halogens is 1. The Morgan fingerprint density at radius 1 is 1.47 bits per heavy atom. The van der Waals surface area contributed by atoms with E-state index in [9.17, 15) is 4.79 Å². The van der Waals surface area contributed by atoms with Gasteiger partial charge in [0.1, 0.15) is 5.69 Å². The molecule has 1 aromatic rings. The Morgan fingerprint density at radius 2 is 2.26 bits per heavy atom. The van der Waals surface area contributed by atoms with Crippen LogP contribution in [0.25, 0.3) is 0 Å². The molecule has 1 atom stereocenters. The third kappa shape index (κ3) is 2.51. The lowest BCUT2D eigenvalue weighted by Crippen LogP contribution is -2.41. The zero-order valence-corrected chi connectivity index (χ0v) is 12.0. The maximum absolute atomic E-state index is 12.7. The Bertz CT molecular complexity index is 481. The van der Waals surface area contributed by atoms with E-state index < -0.39 is 0 Å². The first-order valence-electron chi connectivity index (χ1n) is 7.03. The SMILES string of the molecule is CNCC1CCCN1C(=O)c1cc(Cl)cn1C1CC1. The summed E-state index contributed by atoms with van der Waals surface area (Å²) >= 11 is 6.08. The minimum atomic E-state index is 0.136. The molecule has 3 rings (SSSR count). The van der Waals surface area contributed by atoms with E-state index in [1.165, 1.54) is 0 Å². The minimum Gasteiger partial charge on any atom is -0.339 e. The monoisotopic (exact) mass is 281 g/mol. The second kappa shape index (κ2) is 5.17. The van der Waals surface area contributed by atoms with Gasteiger partial charge in [-0.3, -0.25) is 4.79 Å². The van der Waals surface area contributed by atoms with Crippen molar-refractivity contribution in [3.63, 3.8) is 0 Å². The third-order valence-corrected chi connectivity index (χ3v) is 4.26. The highest BCUT2D eigenvalue weighted by atomic mass is 35.5. The highest BCUT2D eigenvalue weighted by molar-refractivity contribution is 6.31. The fraction of sp³-hybridized carbons (Fsp3) is 0.643. The minimum absolute atomic E-state index is 0.136. The molecule has 1 amide bonds. The van der Waals surface area contributed by atoms with Crippen LogP contribution in [0, 0.1) is 0 Å². The van der Waals surface area contributed by atoms with Gasteiger partial charge in [-0.05, 0) is 38.8 Å². The van der Waals surface area contributed by atoms with Gasteiger partial charge in [-0.15, -0.1) is 0 Å². The van der Waals surface area contributed by atoms with Gasteiger partial charge in [-0.2, -0.15) is 0 Å². The lowest BCUT2D eigenvalue weighted by molar-refractivity contribution is 0.0726. The first kappa shape index (κ1) is 13.0. The van der Waals surface area contributed by atoms with E-state index >= 15 is 0 Å².